The Morgan fingerprint density at radius 2 is 2.11 bits per heavy atom. The van der Waals surface area contributed by atoms with Crippen molar-refractivity contribution in [3.05, 3.63) is 40.2 Å². The lowest BCUT2D eigenvalue weighted by Gasteiger charge is -2.06. The van der Waals surface area contributed by atoms with Crippen LogP contribution in [-0.4, -0.2) is 9.78 Å². The Hall–Kier alpha value is -1.13. The molecule has 18 heavy (non-hydrogen) atoms. The summed E-state index contributed by atoms with van der Waals surface area (Å²) in [5.74, 6) is 0.784. The van der Waals surface area contributed by atoms with E-state index in [1.54, 1.807) is 16.4 Å². The molecule has 1 aromatic heterocycles. The summed E-state index contributed by atoms with van der Waals surface area (Å²) >= 11 is 7.90. The van der Waals surface area contributed by atoms with Gasteiger partial charge in [-0.3, -0.25) is 4.68 Å². The number of rotatable bonds is 3. The minimum atomic E-state index is 0.700. The molecular formula is C13H16ClN3S. The molecule has 0 aliphatic carbocycles. The van der Waals surface area contributed by atoms with Crippen molar-refractivity contribution in [3.8, 4) is 0 Å². The lowest BCUT2D eigenvalue weighted by molar-refractivity contribution is 0.757. The molecular weight excluding hydrogens is 266 g/mol. The highest BCUT2D eigenvalue weighted by Crippen LogP contribution is 2.32. The second-order valence-electron chi connectivity index (χ2n) is 4.31. The van der Waals surface area contributed by atoms with Gasteiger partial charge in [0.2, 0.25) is 0 Å². The van der Waals surface area contributed by atoms with E-state index in [1.165, 1.54) is 5.56 Å². The Kier molecular flexibility index (Phi) is 3.88. The maximum atomic E-state index is 6.21. The van der Waals surface area contributed by atoms with Gasteiger partial charge >= 0.3 is 0 Å². The average molecular weight is 282 g/mol. The first kappa shape index (κ1) is 13.3. The summed E-state index contributed by atoms with van der Waals surface area (Å²) in [5, 5.41) is 5.00. The third-order valence-corrected chi connectivity index (χ3v) is 4.38. The number of nitrogens with zero attached hydrogens (tertiary/aromatic N) is 2. The number of anilines is 1. The molecule has 0 radical (unpaired) electrons. The van der Waals surface area contributed by atoms with Crippen LogP contribution in [0.1, 0.15) is 16.8 Å². The largest absolute Gasteiger partial charge is 0.398 e. The van der Waals surface area contributed by atoms with Crippen LogP contribution in [0.15, 0.2) is 23.1 Å². The predicted octanol–water partition coefficient (Wildman–Crippen LogP) is 3.56. The van der Waals surface area contributed by atoms with E-state index in [2.05, 4.69) is 18.1 Å². The van der Waals surface area contributed by atoms with E-state index in [1.807, 2.05) is 26.1 Å². The maximum Gasteiger partial charge on any atom is 0.131 e. The second-order valence-corrected chi connectivity index (χ2v) is 5.68. The van der Waals surface area contributed by atoms with E-state index in [4.69, 9.17) is 17.3 Å². The SMILES string of the molecule is Cc1ccc(N)c(SCc2c(C)nn(C)c2Cl)c1. The molecule has 0 spiro atoms. The molecule has 0 unspecified atom stereocenters. The zero-order chi connectivity index (χ0) is 13.3. The Bertz CT molecular complexity index is 578. The van der Waals surface area contributed by atoms with Gasteiger partial charge < -0.3 is 5.73 Å². The lowest BCUT2D eigenvalue weighted by atomic mass is 10.2. The van der Waals surface area contributed by atoms with Crippen LogP contribution in [-0.2, 0) is 12.8 Å². The average Bonchev–Trinajstić information content (AvgIpc) is 2.55. The molecule has 3 nitrogen and oxygen atoms in total. The van der Waals surface area contributed by atoms with Gasteiger partial charge in [-0.15, -0.1) is 11.8 Å². The second kappa shape index (κ2) is 5.24. The van der Waals surface area contributed by atoms with Crippen molar-refractivity contribution in [3.63, 3.8) is 0 Å². The van der Waals surface area contributed by atoms with Crippen LogP contribution in [0.3, 0.4) is 0 Å². The zero-order valence-corrected chi connectivity index (χ0v) is 12.3. The summed E-state index contributed by atoms with van der Waals surface area (Å²) in [6.07, 6.45) is 0. The summed E-state index contributed by atoms with van der Waals surface area (Å²) in [7, 11) is 1.85. The van der Waals surface area contributed by atoms with Crippen LogP contribution in [0.5, 0.6) is 0 Å². The zero-order valence-electron chi connectivity index (χ0n) is 10.7. The van der Waals surface area contributed by atoms with Crippen LogP contribution >= 0.6 is 23.4 Å². The highest BCUT2D eigenvalue weighted by Gasteiger charge is 2.12. The van der Waals surface area contributed by atoms with Gasteiger partial charge in [-0.05, 0) is 31.5 Å². The number of aryl methyl sites for hydroxylation is 3. The molecule has 2 N–H and O–H groups in total. The van der Waals surface area contributed by atoms with Gasteiger partial charge in [0.15, 0.2) is 0 Å². The number of nitrogens with two attached hydrogens (primary N) is 1. The van der Waals surface area contributed by atoms with Gasteiger partial charge in [0.1, 0.15) is 5.15 Å². The number of nitrogen functional groups attached to an aromatic ring is 1. The minimum absolute atomic E-state index is 0.700. The van der Waals surface area contributed by atoms with Crippen molar-refractivity contribution in [2.75, 3.05) is 5.73 Å². The first-order chi connectivity index (χ1) is 8.49. The molecule has 0 aliphatic heterocycles. The molecule has 0 amide bonds. The number of aromatic nitrogens is 2. The third-order valence-electron chi connectivity index (χ3n) is 2.81. The van der Waals surface area contributed by atoms with Gasteiger partial charge in [0.05, 0.1) is 5.69 Å². The molecule has 5 heteroatoms. The Morgan fingerprint density at radius 1 is 1.39 bits per heavy atom. The molecule has 0 aliphatic rings. The molecule has 96 valence electrons. The molecule has 1 heterocycles. The summed E-state index contributed by atoms with van der Waals surface area (Å²) in [6.45, 7) is 4.03. The smallest absolute Gasteiger partial charge is 0.131 e. The first-order valence-corrected chi connectivity index (χ1v) is 7.02. The fourth-order valence-corrected chi connectivity index (χ4v) is 3.22. The van der Waals surface area contributed by atoms with E-state index in [0.29, 0.717) is 5.15 Å². The summed E-state index contributed by atoms with van der Waals surface area (Å²) in [5.41, 5.74) is 10.0. The third kappa shape index (κ3) is 2.65. The van der Waals surface area contributed by atoms with Crippen molar-refractivity contribution in [2.45, 2.75) is 24.5 Å². The molecule has 2 rings (SSSR count). The summed E-state index contributed by atoms with van der Waals surface area (Å²) in [4.78, 5) is 1.09. The minimum Gasteiger partial charge on any atom is -0.398 e. The van der Waals surface area contributed by atoms with Crippen molar-refractivity contribution < 1.29 is 0 Å². The van der Waals surface area contributed by atoms with Gasteiger partial charge in [-0.2, -0.15) is 5.10 Å². The van der Waals surface area contributed by atoms with Crippen molar-refractivity contribution in [2.24, 2.45) is 7.05 Å². The highest BCUT2D eigenvalue weighted by atomic mass is 35.5. The van der Waals surface area contributed by atoms with E-state index < -0.39 is 0 Å². The molecule has 0 atom stereocenters. The van der Waals surface area contributed by atoms with Crippen LogP contribution in [0, 0.1) is 13.8 Å². The number of halogens is 1. The Labute approximate surface area is 116 Å². The molecule has 1 aromatic carbocycles. The summed E-state index contributed by atoms with van der Waals surface area (Å²) in [6, 6.07) is 6.05. The topological polar surface area (TPSA) is 43.8 Å². The highest BCUT2D eigenvalue weighted by molar-refractivity contribution is 7.98. The molecule has 0 saturated carbocycles. The molecule has 0 bridgehead atoms. The number of benzene rings is 1. The van der Waals surface area contributed by atoms with Crippen molar-refractivity contribution in [1.29, 1.82) is 0 Å². The lowest BCUT2D eigenvalue weighted by Crippen LogP contribution is -1.91. The number of thioether (sulfide) groups is 1. The monoisotopic (exact) mass is 281 g/mol. The normalized spacial score (nSPS) is 10.9. The predicted molar refractivity (Wildman–Crippen MR) is 78.1 cm³/mol. The van der Waals surface area contributed by atoms with Gasteiger partial charge in [0, 0.05) is 28.9 Å². The van der Waals surface area contributed by atoms with Crippen LogP contribution < -0.4 is 5.73 Å². The van der Waals surface area contributed by atoms with Crippen molar-refractivity contribution >= 4 is 29.1 Å². The van der Waals surface area contributed by atoms with Crippen LogP contribution in [0.25, 0.3) is 0 Å². The number of hydrogen-bond donors (Lipinski definition) is 1. The van der Waals surface area contributed by atoms with Gasteiger partial charge in [0.25, 0.3) is 0 Å². The Morgan fingerprint density at radius 3 is 2.72 bits per heavy atom. The van der Waals surface area contributed by atoms with Crippen LogP contribution in [0.2, 0.25) is 5.15 Å². The fourth-order valence-electron chi connectivity index (χ4n) is 1.75. The molecule has 0 fully saturated rings. The molecule has 0 saturated heterocycles. The fraction of sp³-hybridized carbons (Fsp3) is 0.308. The maximum absolute atomic E-state index is 6.21. The van der Waals surface area contributed by atoms with Gasteiger partial charge in [-0.25, -0.2) is 0 Å². The van der Waals surface area contributed by atoms with E-state index in [9.17, 15) is 0 Å². The van der Waals surface area contributed by atoms with Crippen molar-refractivity contribution in [1.82, 2.24) is 9.78 Å². The Balaban J connectivity index is 2.19. The van der Waals surface area contributed by atoms with Gasteiger partial charge in [-0.1, -0.05) is 17.7 Å². The van der Waals surface area contributed by atoms with Crippen LogP contribution in [0.4, 0.5) is 5.69 Å². The molecule has 2 aromatic rings. The standard InChI is InChI=1S/C13H16ClN3S/c1-8-4-5-11(15)12(6-8)18-7-10-9(2)16-17(3)13(10)14/h4-6H,7,15H2,1-3H3. The van der Waals surface area contributed by atoms with E-state index >= 15 is 0 Å². The first-order valence-electron chi connectivity index (χ1n) is 5.66. The summed E-state index contributed by atoms with van der Waals surface area (Å²) < 4.78 is 1.70. The van der Waals surface area contributed by atoms with E-state index in [-0.39, 0.29) is 0 Å². The number of hydrogen-bond acceptors (Lipinski definition) is 3. The quantitative estimate of drug-likeness (QED) is 0.691. The van der Waals surface area contributed by atoms with E-state index in [0.717, 1.165) is 27.6 Å².